The highest BCUT2D eigenvalue weighted by Gasteiger charge is 2.25. The Balaban J connectivity index is 2.12. The minimum Gasteiger partial charge on any atom is -0.480 e. The smallest absolute Gasteiger partial charge is 0.408 e. The maximum atomic E-state index is 11.8. The average molecular weight is 392 g/mol. The highest BCUT2D eigenvalue weighted by atomic mass is 32.1. The number of carbonyl (C=O) groups is 3. The Labute approximate surface area is 159 Å². The molecule has 2 aromatic rings. The zero-order chi connectivity index (χ0) is 20.2. The molecule has 0 aliphatic heterocycles. The van der Waals surface area contributed by atoms with E-state index >= 15 is 0 Å². The molecule has 0 radical (unpaired) electrons. The molecule has 0 fully saturated rings. The van der Waals surface area contributed by atoms with Gasteiger partial charge in [0.2, 0.25) is 0 Å². The minimum atomic E-state index is -1.20. The molecule has 1 atom stereocenters. The van der Waals surface area contributed by atoms with Gasteiger partial charge in [-0.1, -0.05) is 6.07 Å². The van der Waals surface area contributed by atoms with Crippen LogP contribution in [0, 0.1) is 0 Å². The number of carboxylic acids is 1. The van der Waals surface area contributed by atoms with Crippen LogP contribution in [0.4, 0.5) is 4.79 Å². The summed E-state index contributed by atoms with van der Waals surface area (Å²) in [5.41, 5.74) is 5.52. The number of primary amides is 1. The van der Waals surface area contributed by atoms with Crippen LogP contribution in [0.25, 0.3) is 11.4 Å². The highest BCUT2D eigenvalue weighted by Crippen LogP contribution is 2.21. The molecule has 0 aliphatic rings. The van der Waals surface area contributed by atoms with Gasteiger partial charge in [0.15, 0.2) is 0 Å². The second kappa shape index (κ2) is 8.12. The fourth-order valence-corrected chi connectivity index (χ4v) is 2.90. The molecule has 27 heavy (non-hydrogen) atoms. The van der Waals surface area contributed by atoms with E-state index < -0.39 is 29.6 Å². The first-order chi connectivity index (χ1) is 12.5. The number of hydrogen-bond donors (Lipinski definition) is 3. The van der Waals surface area contributed by atoms with Crippen LogP contribution in [0.3, 0.4) is 0 Å². The number of ether oxygens (including phenoxy) is 1. The van der Waals surface area contributed by atoms with Crippen molar-refractivity contribution in [2.24, 2.45) is 5.73 Å². The van der Waals surface area contributed by atoms with Crippen LogP contribution in [-0.2, 0) is 16.0 Å². The van der Waals surface area contributed by atoms with Gasteiger partial charge in [-0.25, -0.2) is 19.6 Å². The molecular formula is C17H20N4O5S. The Morgan fingerprint density at radius 1 is 1.26 bits per heavy atom. The van der Waals surface area contributed by atoms with E-state index in [-0.39, 0.29) is 12.1 Å². The van der Waals surface area contributed by atoms with Crippen LogP contribution < -0.4 is 11.1 Å². The molecule has 10 heteroatoms. The number of pyridine rings is 1. The first kappa shape index (κ1) is 20.3. The summed E-state index contributed by atoms with van der Waals surface area (Å²) in [4.78, 5) is 43.0. The SMILES string of the molecule is CC(C)(C)OC(=O)NC(Cc1nc(-c2cccc(C(N)=O)n2)cs1)C(=O)O. The van der Waals surface area contributed by atoms with Crippen molar-refractivity contribution in [3.63, 3.8) is 0 Å². The molecule has 2 amide bonds. The lowest BCUT2D eigenvalue weighted by atomic mass is 10.2. The fourth-order valence-electron chi connectivity index (χ4n) is 2.06. The second-order valence-corrected chi connectivity index (χ2v) is 7.58. The molecule has 144 valence electrons. The number of nitrogens with two attached hydrogens (primary N) is 1. The third-order valence-electron chi connectivity index (χ3n) is 3.18. The van der Waals surface area contributed by atoms with Crippen LogP contribution in [0.15, 0.2) is 23.6 Å². The number of carbonyl (C=O) groups excluding carboxylic acids is 2. The van der Waals surface area contributed by atoms with E-state index in [9.17, 15) is 19.5 Å². The summed E-state index contributed by atoms with van der Waals surface area (Å²) in [5.74, 6) is -1.86. The van der Waals surface area contributed by atoms with E-state index in [4.69, 9.17) is 10.5 Å². The maximum Gasteiger partial charge on any atom is 0.408 e. The monoisotopic (exact) mass is 392 g/mol. The molecule has 9 nitrogen and oxygen atoms in total. The van der Waals surface area contributed by atoms with Gasteiger partial charge in [0, 0.05) is 11.8 Å². The van der Waals surface area contributed by atoms with E-state index in [1.807, 2.05) is 0 Å². The number of hydrogen-bond acceptors (Lipinski definition) is 7. The molecule has 0 bridgehead atoms. The van der Waals surface area contributed by atoms with Crippen molar-refractivity contribution in [2.75, 3.05) is 0 Å². The fraction of sp³-hybridized carbons (Fsp3) is 0.353. The van der Waals surface area contributed by atoms with Crippen molar-refractivity contribution in [2.45, 2.75) is 38.8 Å². The number of aromatic nitrogens is 2. The molecule has 0 aliphatic carbocycles. The Hall–Kier alpha value is -3.01. The van der Waals surface area contributed by atoms with Gasteiger partial charge < -0.3 is 20.9 Å². The van der Waals surface area contributed by atoms with Gasteiger partial charge >= 0.3 is 12.1 Å². The van der Waals surface area contributed by atoms with E-state index in [2.05, 4.69) is 15.3 Å². The zero-order valence-corrected chi connectivity index (χ0v) is 15.9. The normalized spacial score (nSPS) is 12.3. The van der Waals surface area contributed by atoms with E-state index in [1.165, 1.54) is 17.4 Å². The number of rotatable bonds is 6. The lowest BCUT2D eigenvalue weighted by Crippen LogP contribution is -2.44. The molecule has 4 N–H and O–H groups in total. The molecule has 2 heterocycles. The van der Waals surface area contributed by atoms with Crippen molar-refractivity contribution in [3.8, 4) is 11.4 Å². The standard InChI is InChI=1S/C17H20N4O5S/c1-17(2,3)26-16(25)21-11(15(23)24)7-13-20-12(8-27-13)9-5-4-6-10(19-9)14(18)22/h4-6,8,11H,7H2,1-3H3,(H2,18,22)(H,21,25)(H,23,24). The predicted molar refractivity (Wildman–Crippen MR) is 98.4 cm³/mol. The summed E-state index contributed by atoms with van der Waals surface area (Å²) in [6, 6.07) is 3.60. The third kappa shape index (κ3) is 6.03. The van der Waals surface area contributed by atoms with Crippen molar-refractivity contribution in [1.82, 2.24) is 15.3 Å². The number of nitrogens with one attached hydrogen (secondary N) is 1. The lowest BCUT2D eigenvalue weighted by Gasteiger charge is -2.21. The topological polar surface area (TPSA) is 144 Å². The third-order valence-corrected chi connectivity index (χ3v) is 4.05. The quantitative estimate of drug-likeness (QED) is 0.680. The van der Waals surface area contributed by atoms with Gasteiger partial charge in [0.1, 0.15) is 17.3 Å². The van der Waals surface area contributed by atoms with E-state index in [0.29, 0.717) is 16.4 Å². The van der Waals surface area contributed by atoms with Crippen LogP contribution in [0.1, 0.15) is 36.3 Å². The largest absolute Gasteiger partial charge is 0.480 e. The molecule has 0 saturated heterocycles. The first-order valence-electron chi connectivity index (χ1n) is 7.99. The van der Waals surface area contributed by atoms with Gasteiger partial charge in [-0.05, 0) is 32.9 Å². The summed E-state index contributed by atoms with van der Waals surface area (Å²) in [5, 5.41) is 13.8. The van der Waals surface area contributed by atoms with Crippen LogP contribution in [0.5, 0.6) is 0 Å². The Kier molecular flexibility index (Phi) is 6.11. The molecule has 0 spiro atoms. The van der Waals surface area contributed by atoms with Crippen LogP contribution in [0.2, 0.25) is 0 Å². The number of thiazole rings is 1. The van der Waals surface area contributed by atoms with Crippen molar-refractivity contribution in [1.29, 1.82) is 0 Å². The number of nitrogens with zero attached hydrogens (tertiary/aromatic N) is 2. The van der Waals surface area contributed by atoms with Crippen molar-refractivity contribution < 1.29 is 24.2 Å². The molecule has 2 aromatic heterocycles. The van der Waals surface area contributed by atoms with E-state index in [0.717, 1.165) is 0 Å². The van der Waals surface area contributed by atoms with Gasteiger partial charge in [-0.2, -0.15) is 0 Å². The van der Waals surface area contributed by atoms with Crippen molar-refractivity contribution in [3.05, 3.63) is 34.3 Å². The van der Waals surface area contributed by atoms with Gasteiger partial charge in [-0.15, -0.1) is 11.3 Å². The zero-order valence-electron chi connectivity index (χ0n) is 15.1. The molecule has 2 rings (SSSR count). The first-order valence-corrected chi connectivity index (χ1v) is 8.87. The van der Waals surface area contributed by atoms with Gasteiger partial charge in [0.05, 0.1) is 16.4 Å². The second-order valence-electron chi connectivity index (χ2n) is 6.64. The molecule has 0 aromatic carbocycles. The molecule has 1 unspecified atom stereocenters. The number of carboxylic acid groups (broad SMARTS) is 1. The lowest BCUT2D eigenvalue weighted by molar-refractivity contribution is -0.139. The Morgan fingerprint density at radius 2 is 1.96 bits per heavy atom. The van der Waals surface area contributed by atoms with Gasteiger partial charge in [0.25, 0.3) is 5.91 Å². The Morgan fingerprint density at radius 3 is 2.56 bits per heavy atom. The van der Waals surface area contributed by atoms with Gasteiger partial charge in [-0.3, -0.25) is 4.79 Å². The average Bonchev–Trinajstić information content (AvgIpc) is 3.01. The summed E-state index contributed by atoms with van der Waals surface area (Å²) in [7, 11) is 0. The summed E-state index contributed by atoms with van der Waals surface area (Å²) in [6.07, 6.45) is -0.836. The number of aliphatic carboxylic acids is 1. The molecule has 0 saturated carbocycles. The van der Waals surface area contributed by atoms with Crippen molar-refractivity contribution >= 4 is 29.3 Å². The maximum absolute atomic E-state index is 11.8. The Bertz CT molecular complexity index is 859. The summed E-state index contributed by atoms with van der Waals surface area (Å²) in [6.45, 7) is 5.05. The van der Waals surface area contributed by atoms with Crippen LogP contribution >= 0.6 is 11.3 Å². The van der Waals surface area contributed by atoms with Crippen LogP contribution in [-0.4, -0.2) is 44.7 Å². The predicted octanol–water partition coefficient (Wildman–Crippen LogP) is 1.82. The molecular weight excluding hydrogens is 372 g/mol. The highest BCUT2D eigenvalue weighted by molar-refractivity contribution is 7.10. The number of amides is 2. The van der Waals surface area contributed by atoms with E-state index in [1.54, 1.807) is 38.3 Å². The minimum absolute atomic E-state index is 0.0191. The number of alkyl carbamates (subject to hydrolysis) is 1. The summed E-state index contributed by atoms with van der Waals surface area (Å²) >= 11 is 1.22. The summed E-state index contributed by atoms with van der Waals surface area (Å²) < 4.78 is 5.08.